The molecule has 0 saturated carbocycles. The van der Waals surface area contributed by atoms with E-state index in [9.17, 15) is 5.11 Å². The van der Waals surface area contributed by atoms with Gasteiger partial charge in [-0.25, -0.2) is 0 Å². The summed E-state index contributed by atoms with van der Waals surface area (Å²) in [4.78, 5) is 0. The molecule has 0 aromatic carbocycles. The lowest BCUT2D eigenvalue weighted by atomic mass is 9.89. The molecule has 1 N–H and O–H groups in total. The summed E-state index contributed by atoms with van der Waals surface area (Å²) in [6.45, 7) is 11.2. The molecule has 82 valence electrons. The van der Waals surface area contributed by atoms with Crippen LogP contribution in [0.5, 0.6) is 0 Å². The van der Waals surface area contributed by atoms with Crippen molar-refractivity contribution in [2.24, 2.45) is 5.92 Å². The van der Waals surface area contributed by atoms with Gasteiger partial charge in [-0.05, 0) is 38.2 Å². The summed E-state index contributed by atoms with van der Waals surface area (Å²) >= 11 is 0. The standard InChI is InChI=1S/C14H20O/c1-6-8-9-13(11(3)4)10-14(15)12(5)7-2/h1,13-15H,2-3,8-10H2,4-5H3. The van der Waals surface area contributed by atoms with Crippen molar-refractivity contribution in [3.05, 3.63) is 30.0 Å². The van der Waals surface area contributed by atoms with Crippen LogP contribution in [0.15, 0.2) is 30.0 Å². The first-order valence-electron chi connectivity index (χ1n) is 5.16. The van der Waals surface area contributed by atoms with Gasteiger partial charge in [0.15, 0.2) is 0 Å². The van der Waals surface area contributed by atoms with Crippen molar-refractivity contribution < 1.29 is 5.11 Å². The van der Waals surface area contributed by atoms with Gasteiger partial charge in [0.25, 0.3) is 0 Å². The Morgan fingerprint density at radius 2 is 2.07 bits per heavy atom. The molecule has 0 amide bonds. The monoisotopic (exact) mass is 204 g/mol. The summed E-state index contributed by atoms with van der Waals surface area (Å²) in [6, 6.07) is 0. The second kappa shape index (κ2) is 7.12. The minimum atomic E-state index is -0.484. The van der Waals surface area contributed by atoms with Crippen LogP contribution in [0.25, 0.3) is 0 Å². The molecule has 15 heavy (non-hydrogen) atoms. The van der Waals surface area contributed by atoms with E-state index in [1.165, 1.54) is 0 Å². The summed E-state index contributed by atoms with van der Waals surface area (Å²) in [6.07, 6.45) is 7.00. The zero-order chi connectivity index (χ0) is 11.8. The van der Waals surface area contributed by atoms with E-state index in [2.05, 4.69) is 24.8 Å². The van der Waals surface area contributed by atoms with Gasteiger partial charge in [-0.3, -0.25) is 0 Å². The van der Waals surface area contributed by atoms with E-state index >= 15 is 0 Å². The van der Waals surface area contributed by atoms with E-state index in [1.54, 1.807) is 0 Å². The fourth-order valence-corrected chi connectivity index (χ4v) is 1.39. The summed E-state index contributed by atoms with van der Waals surface area (Å²) in [5, 5.41) is 9.80. The molecule has 0 spiro atoms. The fraction of sp³-hybridized carbons (Fsp3) is 0.500. The molecule has 0 bridgehead atoms. The normalized spacial score (nSPS) is 13.5. The Bertz CT molecular complexity index is 300. The molecule has 1 heteroatoms. The average molecular weight is 204 g/mol. The molecule has 0 aromatic heterocycles. The number of hydrogen-bond acceptors (Lipinski definition) is 1. The van der Waals surface area contributed by atoms with Crippen LogP contribution in [0.2, 0.25) is 0 Å². The Hall–Kier alpha value is -1.22. The Morgan fingerprint density at radius 3 is 2.47 bits per heavy atom. The van der Waals surface area contributed by atoms with Gasteiger partial charge >= 0.3 is 0 Å². The average Bonchev–Trinajstić information content (AvgIpc) is 2.22. The van der Waals surface area contributed by atoms with Gasteiger partial charge in [0, 0.05) is 6.42 Å². The van der Waals surface area contributed by atoms with Crippen molar-refractivity contribution in [3.8, 4) is 12.3 Å². The van der Waals surface area contributed by atoms with Crippen molar-refractivity contribution in [3.63, 3.8) is 0 Å². The number of hydrogen-bond donors (Lipinski definition) is 1. The first-order chi connectivity index (χ1) is 7.02. The van der Waals surface area contributed by atoms with Crippen molar-refractivity contribution in [2.75, 3.05) is 0 Å². The predicted molar refractivity (Wildman–Crippen MR) is 65.3 cm³/mol. The number of terminal acetylenes is 1. The van der Waals surface area contributed by atoms with E-state index < -0.39 is 6.10 Å². The quantitative estimate of drug-likeness (QED) is 0.400. The van der Waals surface area contributed by atoms with E-state index in [0.29, 0.717) is 6.42 Å². The molecule has 1 nitrogen and oxygen atoms in total. The molecule has 0 aliphatic heterocycles. The minimum absolute atomic E-state index is 0.277. The van der Waals surface area contributed by atoms with Crippen molar-refractivity contribution in [2.45, 2.75) is 39.2 Å². The van der Waals surface area contributed by atoms with Gasteiger partial charge in [0.2, 0.25) is 0 Å². The van der Waals surface area contributed by atoms with Gasteiger partial charge < -0.3 is 5.11 Å². The van der Waals surface area contributed by atoms with Gasteiger partial charge in [-0.15, -0.1) is 18.1 Å². The first kappa shape index (κ1) is 13.8. The maximum atomic E-state index is 9.80. The highest BCUT2D eigenvalue weighted by Crippen LogP contribution is 2.23. The summed E-state index contributed by atoms with van der Waals surface area (Å²) in [5.41, 5.74) is 4.56. The van der Waals surface area contributed by atoms with E-state index in [4.69, 9.17) is 6.42 Å². The molecule has 2 unspecified atom stereocenters. The Labute approximate surface area is 93.2 Å². The number of rotatable bonds is 6. The second-order valence-electron chi connectivity index (χ2n) is 3.90. The minimum Gasteiger partial charge on any atom is -0.388 e. The van der Waals surface area contributed by atoms with Crippen LogP contribution >= 0.6 is 0 Å². The molecule has 0 aliphatic carbocycles. The van der Waals surface area contributed by atoms with Crippen LogP contribution in [0, 0.1) is 18.3 Å². The molecular weight excluding hydrogens is 184 g/mol. The number of aliphatic hydroxyl groups is 1. The van der Waals surface area contributed by atoms with Crippen molar-refractivity contribution in [1.82, 2.24) is 0 Å². The Kier molecular flexibility index (Phi) is 6.54. The Morgan fingerprint density at radius 1 is 1.47 bits per heavy atom. The Balaban J connectivity index is 4.36. The van der Waals surface area contributed by atoms with Gasteiger partial charge in [0.1, 0.15) is 0 Å². The number of aliphatic hydroxyl groups excluding tert-OH is 1. The SMILES string of the molecule is C#CCCC(CC(O)C(C)=C=C)C(=C)C. The lowest BCUT2D eigenvalue weighted by Crippen LogP contribution is -2.15. The lowest BCUT2D eigenvalue weighted by molar-refractivity contribution is 0.181. The molecule has 2 atom stereocenters. The molecule has 0 fully saturated rings. The molecule has 0 radical (unpaired) electrons. The zero-order valence-corrected chi connectivity index (χ0v) is 9.71. The van der Waals surface area contributed by atoms with Gasteiger partial charge in [0.05, 0.1) is 6.10 Å². The van der Waals surface area contributed by atoms with Crippen LogP contribution in [0.4, 0.5) is 0 Å². The topological polar surface area (TPSA) is 20.2 Å². The highest BCUT2D eigenvalue weighted by Gasteiger charge is 2.15. The molecule has 0 heterocycles. The molecule has 0 rings (SSSR count). The molecule has 0 aliphatic rings. The highest BCUT2D eigenvalue weighted by atomic mass is 16.3. The third-order valence-electron chi connectivity index (χ3n) is 2.62. The van der Waals surface area contributed by atoms with Crippen molar-refractivity contribution >= 4 is 0 Å². The largest absolute Gasteiger partial charge is 0.388 e. The fourth-order valence-electron chi connectivity index (χ4n) is 1.39. The van der Waals surface area contributed by atoms with Crippen LogP contribution in [0.3, 0.4) is 0 Å². The molecule has 0 saturated heterocycles. The van der Waals surface area contributed by atoms with Crippen molar-refractivity contribution in [1.29, 1.82) is 0 Å². The van der Waals surface area contributed by atoms with Crippen LogP contribution < -0.4 is 0 Å². The highest BCUT2D eigenvalue weighted by molar-refractivity contribution is 5.06. The lowest BCUT2D eigenvalue weighted by Gasteiger charge is -2.19. The number of allylic oxidation sites excluding steroid dienone is 1. The van der Waals surface area contributed by atoms with E-state index in [0.717, 1.165) is 24.0 Å². The summed E-state index contributed by atoms with van der Waals surface area (Å²) in [5.74, 6) is 2.89. The second-order valence-corrected chi connectivity index (χ2v) is 3.90. The van der Waals surface area contributed by atoms with E-state index in [-0.39, 0.29) is 5.92 Å². The van der Waals surface area contributed by atoms with Gasteiger partial charge in [-0.2, -0.15) is 0 Å². The molecule has 0 aromatic rings. The van der Waals surface area contributed by atoms with Crippen LogP contribution in [-0.4, -0.2) is 11.2 Å². The predicted octanol–water partition coefficient (Wildman–Crippen LogP) is 3.07. The first-order valence-corrected chi connectivity index (χ1v) is 5.16. The van der Waals surface area contributed by atoms with Crippen LogP contribution in [0.1, 0.15) is 33.1 Å². The summed E-state index contributed by atoms with van der Waals surface area (Å²) < 4.78 is 0. The zero-order valence-electron chi connectivity index (χ0n) is 9.71. The smallest absolute Gasteiger partial charge is 0.0826 e. The molecular formula is C14H20O. The van der Waals surface area contributed by atoms with Gasteiger partial charge in [-0.1, -0.05) is 18.7 Å². The maximum absolute atomic E-state index is 9.80. The van der Waals surface area contributed by atoms with E-state index in [1.807, 2.05) is 13.8 Å². The summed E-state index contributed by atoms with van der Waals surface area (Å²) in [7, 11) is 0. The maximum Gasteiger partial charge on any atom is 0.0826 e. The van der Waals surface area contributed by atoms with Crippen LogP contribution in [-0.2, 0) is 0 Å². The third-order valence-corrected chi connectivity index (χ3v) is 2.62. The third kappa shape index (κ3) is 5.27.